The van der Waals surface area contributed by atoms with Crippen molar-refractivity contribution in [3.05, 3.63) is 78.3 Å². The van der Waals surface area contributed by atoms with Gasteiger partial charge in [0.15, 0.2) is 0 Å². The topological polar surface area (TPSA) is 54.9 Å². The third kappa shape index (κ3) is 3.61. The number of fused-ring (bicyclic) bond motifs is 1. The first-order chi connectivity index (χ1) is 11.2. The zero-order chi connectivity index (χ0) is 16.1. The molecule has 0 fully saturated rings. The summed E-state index contributed by atoms with van der Waals surface area (Å²) < 4.78 is 0. The van der Waals surface area contributed by atoms with Crippen LogP contribution in [-0.4, -0.2) is 15.9 Å². The molecule has 0 radical (unpaired) electrons. The van der Waals surface area contributed by atoms with E-state index in [1.807, 2.05) is 55.5 Å². The molecule has 23 heavy (non-hydrogen) atoms. The average molecular weight is 303 g/mol. The highest BCUT2D eigenvalue weighted by Crippen LogP contribution is 2.17. The van der Waals surface area contributed by atoms with Crippen LogP contribution >= 0.6 is 0 Å². The van der Waals surface area contributed by atoms with Gasteiger partial charge in [-0.1, -0.05) is 24.3 Å². The van der Waals surface area contributed by atoms with Crippen LogP contribution in [-0.2, 0) is 4.79 Å². The molecule has 1 aromatic carbocycles. The van der Waals surface area contributed by atoms with Crippen molar-refractivity contribution in [2.24, 2.45) is 0 Å². The molecule has 0 spiro atoms. The zero-order valence-corrected chi connectivity index (χ0v) is 12.8. The van der Waals surface area contributed by atoms with Crippen LogP contribution in [0.3, 0.4) is 0 Å². The second-order valence-electron chi connectivity index (χ2n) is 5.27. The lowest BCUT2D eigenvalue weighted by molar-refractivity contribution is -0.117. The fourth-order valence-corrected chi connectivity index (χ4v) is 2.41. The summed E-state index contributed by atoms with van der Waals surface area (Å²) in [4.78, 5) is 20.5. The Morgan fingerprint density at radius 1 is 1.13 bits per heavy atom. The number of rotatable bonds is 4. The number of hydrogen-bond donors (Lipinski definition) is 1. The summed E-state index contributed by atoms with van der Waals surface area (Å²) in [6, 6.07) is 13.5. The summed E-state index contributed by atoms with van der Waals surface area (Å²) in [5.74, 6) is -0.137. The van der Waals surface area contributed by atoms with Crippen molar-refractivity contribution < 1.29 is 4.79 Å². The molecular weight excluding hydrogens is 286 g/mol. The minimum atomic E-state index is -0.137. The molecule has 1 amide bonds. The van der Waals surface area contributed by atoms with Crippen molar-refractivity contribution in [3.63, 3.8) is 0 Å². The van der Waals surface area contributed by atoms with Crippen LogP contribution in [0, 0.1) is 0 Å². The molecule has 0 aliphatic rings. The maximum Gasteiger partial charge on any atom is 0.244 e. The molecule has 0 aliphatic carbocycles. The van der Waals surface area contributed by atoms with Gasteiger partial charge in [-0.2, -0.15) is 0 Å². The molecule has 0 aliphatic heterocycles. The van der Waals surface area contributed by atoms with E-state index in [1.165, 1.54) is 0 Å². The number of carbonyl (C=O) groups is 1. The lowest BCUT2D eigenvalue weighted by atomic mass is 10.1. The van der Waals surface area contributed by atoms with Gasteiger partial charge in [-0.05, 0) is 42.3 Å². The minimum absolute atomic E-state index is 0.0879. The lowest BCUT2D eigenvalue weighted by Gasteiger charge is -2.12. The first-order valence-corrected chi connectivity index (χ1v) is 7.46. The summed E-state index contributed by atoms with van der Waals surface area (Å²) in [5.41, 5.74) is 2.86. The number of aromatic nitrogens is 2. The Kier molecular flexibility index (Phi) is 4.43. The van der Waals surface area contributed by atoms with Crippen molar-refractivity contribution in [1.29, 1.82) is 0 Å². The molecular formula is C19H17N3O. The smallest absolute Gasteiger partial charge is 0.244 e. The highest BCUT2D eigenvalue weighted by molar-refractivity contribution is 5.95. The molecule has 0 saturated carbocycles. The number of carbonyl (C=O) groups excluding carboxylic acids is 1. The summed E-state index contributed by atoms with van der Waals surface area (Å²) in [6.45, 7) is 1.94. The fourth-order valence-electron chi connectivity index (χ4n) is 2.41. The van der Waals surface area contributed by atoms with Crippen LogP contribution in [0.5, 0.6) is 0 Å². The van der Waals surface area contributed by atoms with Crippen LogP contribution in [0.1, 0.15) is 24.1 Å². The normalized spacial score (nSPS) is 12.4. The van der Waals surface area contributed by atoms with Crippen LogP contribution < -0.4 is 5.32 Å². The van der Waals surface area contributed by atoms with E-state index >= 15 is 0 Å². The summed E-state index contributed by atoms with van der Waals surface area (Å²) in [7, 11) is 0. The van der Waals surface area contributed by atoms with Crippen LogP contribution in [0.15, 0.2) is 67.1 Å². The zero-order valence-electron chi connectivity index (χ0n) is 12.8. The molecule has 4 nitrogen and oxygen atoms in total. The van der Waals surface area contributed by atoms with E-state index in [2.05, 4.69) is 15.3 Å². The summed E-state index contributed by atoms with van der Waals surface area (Å²) >= 11 is 0. The Labute approximate surface area is 134 Å². The van der Waals surface area contributed by atoms with E-state index in [0.29, 0.717) is 0 Å². The molecule has 2 heterocycles. The van der Waals surface area contributed by atoms with Crippen molar-refractivity contribution >= 4 is 22.9 Å². The van der Waals surface area contributed by atoms with Crippen molar-refractivity contribution in [1.82, 2.24) is 15.3 Å². The first-order valence-electron chi connectivity index (χ1n) is 7.46. The maximum atomic E-state index is 12.1. The Bertz CT molecular complexity index is 838. The number of para-hydroxylation sites is 1. The SMILES string of the molecule is CC(NC(=O)/C=C/c1ccnc2ccccc12)c1cccnc1. The predicted molar refractivity (Wildman–Crippen MR) is 91.6 cm³/mol. The van der Waals surface area contributed by atoms with Gasteiger partial charge in [0.2, 0.25) is 5.91 Å². The van der Waals surface area contributed by atoms with Gasteiger partial charge in [0.1, 0.15) is 0 Å². The van der Waals surface area contributed by atoms with Gasteiger partial charge >= 0.3 is 0 Å². The molecule has 1 atom stereocenters. The van der Waals surface area contributed by atoms with Gasteiger partial charge in [0.25, 0.3) is 0 Å². The van der Waals surface area contributed by atoms with Gasteiger partial charge in [-0.15, -0.1) is 0 Å². The monoisotopic (exact) mass is 303 g/mol. The number of benzene rings is 1. The van der Waals surface area contributed by atoms with Crippen LogP contribution in [0.2, 0.25) is 0 Å². The number of amides is 1. The van der Waals surface area contributed by atoms with Gasteiger partial charge in [0.05, 0.1) is 11.6 Å². The predicted octanol–water partition coefficient (Wildman–Crippen LogP) is 3.52. The van der Waals surface area contributed by atoms with Crippen molar-refractivity contribution in [2.45, 2.75) is 13.0 Å². The molecule has 0 saturated heterocycles. The van der Waals surface area contributed by atoms with Gasteiger partial charge in [-0.25, -0.2) is 0 Å². The molecule has 0 bridgehead atoms. The van der Waals surface area contributed by atoms with E-state index in [-0.39, 0.29) is 11.9 Å². The van der Waals surface area contributed by atoms with Gasteiger partial charge < -0.3 is 5.32 Å². The van der Waals surface area contributed by atoms with E-state index < -0.39 is 0 Å². The number of hydrogen-bond acceptors (Lipinski definition) is 3. The molecule has 1 N–H and O–H groups in total. The Hall–Kier alpha value is -3.01. The van der Waals surface area contributed by atoms with E-state index in [4.69, 9.17) is 0 Å². The van der Waals surface area contributed by atoms with E-state index in [9.17, 15) is 4.79 Å². The largest absolute Gasteiger partial charge is 0.346 e. The highest BCUT2D eigenvalue weighted by Gasteiger charge is 2.07. The third-order valence-corrected chi connectivity index (χ3v) is 3.64. The second-order valence-corrected chi connectivity index (χ2v) is 5.27. The average Bonchev–Trinajstić information content (AvgIpc) is 2.60. The molecule has 3 aromatic rings. The number of pyridine rings is 2. The Balaban J connectivity index is 1.73. The molecule has 114 valence electrons. The van der Waals surface area contributed by atoms with E-state index in [1.54, 1.807) is 24.7 Å². The van der Waals surface area contributed by atoms with Crippen molar-refractivity contribution in [3.8, 4) is 0 Å². The first kappa shape index (κ1) is 14.9. The summed E-state index contributed by atoms with van der Waals surface area (Å²) in [6.07, 6.45) is 8.58. The number of nitrogens with zero attached hydrogens (tertiary/aromatic N) is 2. The maximum absolute atomic E-state index is 12.1. The van der Waals surface area contributed by atoms with Gasteiger partial charge in [-0.3, -0.25) is 14.8 Å². The van der Waals surface area contributed by atoms with Crippen LogP contribution in [0.25, 0.3) is 17.0 Å². The second kappa shape index (κ2) is 6.83. The highest BCUT2D eigenvalue weighted by atomic mass is 16.1. The molecule has 3 rings (SSSR count). The van der Waals surface area contributed by atoms with Gasteiger partial charge in [0, 0.05) is 30.1 Å². The number of nitrogens with one attached hydrogen (secondary N) is 1. The minimum Gasteiger partial charge on any atom is -0.346 e. The quantitative estimate of drug-likeness (QED) is 0.750. The van der Waals surface area contributed by atoms with E-state index in [0.717, 1.165) is 22.0 Å². The lowest BCUT2D eigenvalue weighted by Crippen LogP contribution is -2.24. The van der Waals surface area contributed by atoms with Crippen LogP contribution in [0.4, 0.5) is 0 Å². The Morgan fingerprint density at radius 3 is 2.83 bits per heavy atom. The molecule has 1 unspecified atom stereocenters. The Morgan fingerprint density at radius 2 is 2.00 bits per heavy atom. The molecule has 4 heteroatoms. The fraction of sp³-hybridized carbons (Fsp3) is 0.105. The molecule has 2 aromatic heterocycles. The summed E-state index contributed by atoms with van der Waals surface area (Å²) in [5, 5.41) is 3.96. The van der Waals surface area contributed by atoms with Crippen molar-refractivity contribution in [2.75, 3.05) is 0 Å². The third-order valence-electron chi connectivity index (χ3n) is 3.64. The standard InChI is InChI=1S/C19H17N3O/c1-14(16-5-4-11-20-13-16)22-19(23)9-8-15-10-12-21-18-7-3-2-6-17(15)18/h2-14H,1H3,(H,22,23)/b9-8+.